The smallest absolute Gasteiger partial charge is 0.264 e. The maximum absolute atomic E-state index is 14.5. The number of carbonyl (C=O) groups is 3. The molecule has 0 spiro atoms. The number of imide groups is 1. The number of benzene rings is 3. The van der Waals surface area contributed by atoms with Gasteiger partial charge in [-0.1, -0.05) is 65.9 Å². The highest BCUT2D eigenvalue weighted by Crippen LogP contribution is 2.38. The zero-order chi connectivity index (χ0) is 29.0. The molecular weight excluding hydrogens is 551 g/mol. The molecule has 3 aliphatic rings. The summed E-state index contributed by atoms with van der Waals surface area (Å²) >= 11 is 0. The van der Waals surface area contributed by atoms with Crippen molar-refractivity contribution in [2.45, 2.75) is 24.5 Å². The van der Waals surface area contributed by atoms with Crippen molar-refractivity contribution in [2.24, 2.45) is 15.4 Å². The van der Waals surface area contributed by atoms with E-state index in [1.807, 2.05) is 48.5 Å². The zero-order valence-corrected chi connectivity index (χ0v) is 20.7. The van der Waals surface area contributed by atoms with Gasteiger partial charge in [0.2, 0.25) is 5.82 Å². The second-order valence-corrected chi connectivity index (χ2v) is 9.40. The van der Waals surface area contributed by atoms with Gasteiger partial charge in [0.1, 0.15) is 12.2 Å². The molecule has 0 radical (unpaired) electrons. The largest absolute Gasteiger partial charge is 0.271 e. The monoisotopic (exact) mass is 568 g/mol. The Hall–Kier alpha value is -5.01. The summed E-state index contributed by atoms with van der Waals surface area (Å²) in [7, 11) is 0. The summed E-state index contributed by atoms with van der Waals surface area (Å²) in [6.07, 6.45) is 0.374. The molecule has 41 heavy (non-hydrogen) atoms. The Bertz CT molecular complexity index is 1620. The number of fused-ring (bicyclic) bond motifs is 1. The van der Waals surface area contributed by atoms with Crippen LogP contribution in [0.25, 0.3) is 0 Å². The van der Waals surface area contributed by atoms with E-state index in [1.165, 1.54) is 5.01 Å². The molecule has 3 aliphatic heterocycles. The lowest BCUT2D eigenvalue weighted by atomic mass is 9.98. The van der Waals surface area contributed by atoms with Crippen LogP contribution < -0.4 is 4.90 Å². The van der Waals surface area contributed by atoms with Gasteiger partial charge in [-0.3, -0.25) is 19.4 Å². The van der Waals surface area contributed by atoms with Gasteiger partial charge >= 0.3 is 0 Å². The fourth-order valence-corrected chi connectivity index (χ4v) is 5.06. The van der Waals surface area contributed by atoms with Crippen molar-refractivity contribution < 1.29 is 36.3 Å². The molecule has 6 rings (SSSR count). The SMILES string of the molecule is O=C1[C@@H]2[C@@H](N=NN2CC(=O)N2N=C(c3ccccc3)C[C@H]2c2ccccc2)C(=O)N1c1c(F)c(F)c(F)c(F)c1F. The summed E-state index contributed by atoms with van der Waals surface area (Å²) in [5, 5.41) is 14.0. The molecule has 1 fully saturated rings. The highest BCUT2D eigenvalue weighted by molar-refractivity contribution is 6.25. The first kappa shape index (κ1) is 26.2. The first-order valence-electron chi connectivity index (χ1n) is 12.3. The molecule has 3 amide bonds. The molecule has 14 heteroatoms. The lowest BCUT2D eigenvalue weighted by molar-refractivity contribution is -0.135. The predicted octanol–water partition coefficient (Wildman–Crippen LogP) is 4.05. The maximum atomic E-state index is 14.5. The standard InChI is InChI=1S/C27H17F5N6O3/c28-18-19(29)21(31)24(22(32)20(18)30)37-26(40)23-25(27(37)41)36(35-33-23)12-17(39)38-16(14-9-5-2-6-10-14)11-15(34-38)13-7-3-1-4-8-13/h1-10,16,23,25H,11-12H2/t16-,23+,25-/m0/s1. The molecule has 0 unspecified atom stereocenters. The number of rotatable bonds is 5. The van der Waals surface area contributed by atoms with E-state index < -0.39 is 77.2 Å². The van der Waals surface area contributed by atoms with Gasteiger partial charge in [0.25, 0.3) is 17.7 Å². The number of nitrogens with zero attached hydrogens (tertiary/aromatic N) is 6. The van der Waals surface area contributed by atoms with Gasteiger partial charge in [-0.15, -0.1) is 0 Å². The van der Waals surface area contributed by atoms with Crippen molar-refractivity contribution in [1.29, 1.82) is 0 Å². The third-order valence-corrected chi connectivity index (χ3v) is 7.02. The van der Waals surface area contributed by atoms with Gasteiger partial charge < -0.3 is 0 Å². The van der Waals surface area contributed by atoms with Crippen molar-refractivity contribution in [2.75, 3.05) is 11.4 Å². The summed E-state index contributed by atoms with van der Waals surface area (Å²) in [6.45, 7) is -0.621. The van der Waals surface area contributed by atoms with E-state index in [0.29, 0.717) is 12.1 Å². The van der Waals surface area contributed by atoms with Crippen LogP contribution in [0.4, 0.5) is 27.6 Å². The number of amides is 3. The minimum atomic E-state index is -2.44. The Labute approximate surface area is 228 Å². The van der Waals surface area contributed by atoms with Crippen LogP contribution in [0.2, 0.25) is 0 Å². The van der Waals surface area contributed by atoms with Crippen LogP contribution >= 0.6 is 0 Å². The van der Waals surface area contributed by atoms with E-state index in [2.05, 4.69) is 15.4 Å². The second kappa shape index (κ2) is 9.87. The summed E-state index contributed by atoms with van der Waals surface area (Å²) in [6, 6.07) is 14.4. The molecule has 0 aromatic heterocycles. The van der Waals surface area contributed by atoms with Crippen molar-refractivity contribution in [3.8, 4) is 0 Å². The Balaban J connectivity index is 1.29. The summed E-state index contributed by atoms with van der Waals surface area (Å²) in [5.74, 6) is -15.1. The fourth-order valence-electron chi connectivity index (χ4n) is 5.06. The van der Waals surface area contributed by atoms with E-state index >= 15 is 0 Å². The van der Waals surface area contributed by atoms with Gasteiger partial charge in [0.15, 0.2) is 35.4 Å². The predicted molar refractivity (Wildman–Crippen MR) is 131 cm³/mol. The Kier molecular flexibility index (Phi) is 6.31. The normalized spacial score (nSPS) is 21.6. The molecule has 208 valence electrons. The summed E-state index contributed by atoms with van der Waals surface area (Å²) < 4.78 is 70.1. The van der Waals surface area contributed by atoms with E-state index in [1.54, 1.807) is 12.1 Å². The number of anilines is 1. The van der Waals surface area contributed by atoms with Crippen molar-refractivity contribution >= 4 is 29.1 Å². The van der Waals surface area contributed by atoms with E-state index in [0.717, 1.165) is 16.1 Å². The third kappa shape index (κ3) is 4.13. The topological polar surface area (TPSA) is 98.0 Å². The number of hydrazone groups is 1. The third-order valence-electron chi connectivity index (χ3n) is 7.02. The Morgan fingerprint density at radius 3 is 2.02 bits per heavy atom. The van der Waals surface area contributed by atoms with Crippen LogP contribution in [0.5, 0.6) is 0 Å². The minimum Gasteiger partial charge on any atom is -0.271 e. The van der Waals surface area contributed by atoms with Gasteiger partial charge in [0.05, 0.1) is 11.8 Å². The van der Waals surface area contributed by atoms with Gasteiger partial charge in [0, 0.05) is 6.42 Å². The highest BCUT2D eigenvalue weighted by atomic mass is 19.2. The number of halogens is 5. The molecule has 3 aromatic carbocycles. The van der Waals surface area contributed by atoms with Crippen LogP contribution in [-0.2, 0) is 14.4 Å². The molecule has 0 saturated carbocycles. The van der Waals surface area contributed by atoms with Crippen LogP contribution in [0.1, 0.15) is 23.6 Å². The van der Waals surface area contributed by atoms with E-state index in [9.17, 15) is 36.3 Å². The Morgan fingerprint density at radius 2 is 1.39 bits per heavy atom. The molecule has 1 saturated heterocycles. The molecule has 3 heterocycles. The first-order chi connectivity index (χ1) is 19.7. The zero-order valence-electron chi connectivity index (χ0n) is 20.7. The van der Waals surface area contributed by atoms with E-state index in [-0.39, 0.29) is 4.90 Å². The van der Waals surface area contributed by atoms with Crippen LogP contribution in [-0.4, -0.2) is 52.1 Å². The van der Waals surface area contributed by atoms with E-state index in [4.69, 9.17) is 0 Å². The molecule has 3 aromatic rings. The summed E-state index contributed by atoms with van der Waals surface area (Å²) in [5.41, 5.74) is 0.479. The first-order valence-corrected chi connectivity index (χ1v) is 12.3. The lowest BCUT2D eigenvalue weighted by Crippen LogP contribution is -2.45. The van der Waals surface area contributed by atoms with Gasteiger partial charge in [-0.2, -0.15) is 10.2 Å². The lowest BCUT2D eigenvalue weighted by Gasteiger charge is -2.25. The fraction of sp³-hybridized carbons (Fsp3) is 0.185. The minimum absolute atomic E-state index is 0.143. The van der Waals surface area contributed by atoms with Crippen molar-refractivity contribution in [3.63, 3.8) is 0 Å². The number of hydrogen-bond acceptors (Lipinski definition) is 7. The van der Waals surface area contributed by atoms with Crippen molar-refractivity contribution in [1.82, 2.24) is 10.0 Å². The van der Waals surface area contributed by atoms with Gasteiger partial charge in [-0.25, -0.2) is 31.9 Å². The van der Waals surface area contributed by atoms with Crippen molar-refractivity contribution in [3.05, 3.63) is 101 Å². The molecular formula is C27H17F5N6O3. The quantitative estimate of drug-likeness (QED) is 0.201. The van der Waals surface area contributed by atoms with Gasteiger partial charge in [-0.05, 0) is 11.1 Å². The Morgan fingerprint density at radius 1 is 0.805 bits per heavy atom. The maximum Gasteiger partial charge on any atom is 0.264 e. The molecule has 0 aliphatic carbocycles. The highest BCUT2D eigenvalue weighted by Gasteiger charge is 2.57. The average Bonchev–Trinajstić information content (AvgIpc) is 3.68. The molecule has 0 bridgehead atoms. The average molecular weight is 568 g/mol. The van der Waals surface area contributed by atoms with Crippen LogP contribution in [0, 0.1) is 29.1 Å². The number of carbonyl (C=O) groups excluding carboxylic acids is 3. The number of hydrogen-bond donors (Lipinski definition) is 0. The second-order valence-electron chi connectivity index (χ2n) is 9.40. The summed E-state index contributed by atoms with van der Waals surface area (Å²) in [4.78, 5) is 39.4. The molecule has 0 N–H and O–H groups in total. The van der Waals surface area contributed by atoms with Crippen LogP contribution in [0.15, 0.2) is 76.1 Å². The molecule has 9 nitrogen and oxygen atoms in total. The van der Waals surface area contributed by atoms with Crippen LogP contribution in [0.3, 0.4) is 0 Å². The molecule has 3 atom stereocenters.